The lowest BCUT2D eigenvalue weighted by molar-refractivity contribution is -0.000104. The van der Waals surface area contributed by atoms with Gasteiger partial charge in [0.2, 0.25) is 0 Å². The SMILES string of the molecule is COC1CCN(C2(CN=C(N)N3CCSCC3)CCCC2)CC1. The number of nitrogens with zero attached hydrogens (tertiary/aromatic N) is 3. The van der Waals surface area contributed by atoms with Crippen LogP contribution in [0.5, 0.6) is 0 Å². The third kappa shape index (κ3) is 4.15. The van der Waals surface area contributed by atoms with Crippen molar-refractivity contribution in [1.29, 1.82) is 0 Å². The molecule has 3 rings (SSSR count). The first-order valence-electron chi connectivity index (χ1n) is 9.14. The molecule has 0 atom stereocenters. The summed E-state index contributed by atoms with van der Waals surface area (Å²) >= 11 is 2.01. The van der Waals surface area contributed by atoms with Crippen LogP contribution < -0.4 is 5.73 Å². The van der Waals surface area contributed by atoms with Gasteiger partial charge in [0.15, 0.2) is 5.96 Å². The van der Waals surface area contributed by atoms with E-state index in [1.807, 2.05) is 18.9 Å². The van der Waals surface area contributed by atoms with Crippen molar-refractivity contribution in [3.05, 3.63) is 0 Å². The molecule has 23 heavy (non-hydrogen) atoms. The molecule has 2 heterocycles. The maximum absolute atomic E-state index is 6.29. The lowest BCUT2D eigenvalue weighted by atomic mass is 9.91. The average Bonchev–Trinajstić information content (AvgIpc) is 3.11. The highest BCUT2D eigenvalue weighted by atomic mass is 32.2. The lowest BCUT2D eigenvalue weighted by Crippen LogP contribution is -2.54. The van der Waals surface area contributed by atoms with E-state index in [1.54, 1.807) is 0 Å². The zero-order valence-corrected chi connectivity index (χ0v) is 15.3. The Hall–Kier alpha value is -0.460. The maximum atomic E-state index is 6.29. The van der Waals surface area contributed by atoms with Crippen molar-refractivity contribution in [1.82, 2.24) is 9.80 Å². The maximum Gasteiger partial charge on any atom is 0.191 e. The van der Waals surface area contributed by atoms with Gasteiger partial charge in [0.25, 0.3) is 0 Å². The fourth-order valence-corrected chi connectivity index (χ4v) is 5.20. The molecular formula is C17H32N4OS. The quantitative estimate of drug-likeness (QED) is 0.624. The number of nitrogens with two attached hydrogens (primary N) is 1. The molecule has 132 valence electrons. The minimum Gasteiger partial charge on any atom is -0.381 e. The molecule has 0 spiro atoms. The van der Waals surface area contributed by atoms with E-state index >= 15 is 0 Å². The van der Waals surface area contributed by atoms with Gasteiger partial charge in [-0.3, -0.25) is 9.89 Å². The third-order valence-corrected chi connectivity index (χ3v) is 6.79. The Balaban J connectivity index is 1.61. The van der Waals surface area contributed by atoms with Crippen molar-refractivity contribution >= 4 is 17.7 Å². The summed E-state index contributed by atoms with van der Waals surface area (Å²) < 4.78 is 5.53. The fourth-order valence-electron chi connectivity index (χ4n) is 4.29. The molecule has 3 fully saturated rings. The van der Waals surface area contributed by atoms with Gasteiger partial charge < -0.3 is 15.4 Å². The largest absolute Gasteiger partial charge is 0.381 e. The molecule has 2 N–H and O–H groups in total. The van der Waals surface area contributed by atoms with Gasteiger partial charge >= 0.3 is 0 Å². The summed E-state index contributed by atoms with van der Waals surface area (Å²) in [5.41, 5.74) is 6.54. The van der Waals surface area contributed by atoms with Gasteiger partial charge in [0.05, 0.1) is 12.6 Å². The number of methoxy groups -OCH3 is 1. The molecule has 1 saturated carbocycles. The van der Waals surface area contributed by atoms with Crippen molar-refractivity contribution in [3.8, 4) is 0 Å². The van der Waals surface area contributed by atoms with E-state index in [0.29, 0.717) is 6.10 Å². The number of hydrogen-bond donors (Lipinski definition) is 1. The first-order valence-corrected chi connectivity index (χ1v) is 10.3. The molecule has 0 aromatic carbocycles. The number of likely N-dealkylation sites (tertiary alicyclic amines) is 1. The Kier molecular flexibility index (Phi) is 6.10. The Morgan fingerprint density at radius 2 is 1.83 bits per heavy atom. The van der Waals surface area contributed by atoms with Crippen LogP contribution in [-0.2, 0) is 4.74 Å². The molecular weight excluding hydrogens is 308 g/mol. The number of thioether (sulfide) groups is 1. The number of rotatable bonds is 4. The molecule has 0 aromatic rings. The Morgan fingerprint density at radius 1 is 1.17 bits per heavy atom. The second kappa shape index (κ2) is 8.08. The Bertz CT molecular complexity index is 397. The van der Waals surface area contributed by atoms with Crippen molar-refractivity contribution in [2.45, 2.75) is 50.2 Å². The van der Waals surface area contributed by atoms with E-state index in [0.717, 1.165) is 51.5 Å². The third-order valence-electron chi connectivity index (χ3n) is 5.85. The van der Waals surface area contributed by atoms with Crippen LogP contribution >= 0.6 is 11.8 Å². The van der Waals surface area contributed by atoms with Crippen LogP contribution in [0.3, 0.4) is 0 Å². The predicted octanol–water partition coefficient (Wildman–Crippen LogP) is 1.77. The number of aliphatic imine (C=N–C) groups is 1. The van der Waals surface area contributed by atoms with E-state index in [1.165, 1.54) is 37.2 Å². The van der Waals surface area contributed by atoms with Gasteiger partial charge in [0.1, 0.15) is 0 Å². The molecule has 0 unspecified atom stereocenters. The standard InChI is InChI=1S/C17H32N4OS/c1-22-15-4-8-21(9-5-15)17(6-2-3-7-17)14-19-16(18)20-10-12-23-13-11-20/h15H,2-14H2,1H3,(H2,18,19). The number of guanidine groups is 1. The molecule has 5 nitrogen and oxygen atoms in total. The normalized spacial score (nSPS) is 27.5. The second-order valence-electron chi connectivity index (χ2n) is 7.13. The summed E-state index contributed by atoms with van der Waals surface area (Å²) in [5.74, 6) is 3.11. The number of ether oxygens (including phenoxy) is 1. The Labute approximate surface area is 145 Å². The van der Waals surface area contributed by atoms with E-state index < -0.39 is 0 Å². The monoisotopic (exact) mass is 340 g/mol. The molecule has 2 saturated heterocycles. The van der Waals surface area contributed by atoms with Crippen LogP contribution in [0.25, 0.3) is 0 Å². The molecule has 0 amide bonds. The van der Waals surface area contributed by atoms with E-state index in [4.69, 9.17) is 15.5 Å². The zero-order valence-electron chi connectivity index (χ0n) is 14.5. The first kappa shape index (κ1) is 17.4. The van der Waals surface area contributed by atoms with Gasteiger partial charge in [-0.15, -0.1) is 0 Å². The van der Waals surface area contributed by atoms with Gasteiger partial charge in [-0.1, -0.05) is 12.8 Å². The van der Waals surface area contributed by atoms with Crippen LogP contribution in [0.2, 0.25) is 0 Å². The summed E-state index contributed by atoms with van der Waals surface area (Å²) in [4.78, 5) is 9.81. The predicted molar refractivity (Wildman–Crippen MR) is 98.2 cm³/mol. The zero-order chi connectivity index (χ0) is 16.1. The highest BCUT2D eigenvalue weighted by Crippen LogP contribution is 2.37. The number of piperidine rings is 1. The van der Waals surface area contributed by atoms with Crippen LogP contribution in [-0.4, -0.2) is 78.7 Å². The first-order chi connectivity index (χ1) is 11.2. The molecule has 6 heteroatoms. The summed E-state index contributed by atoms with van der Waals surface area (Å²) in [6.45, 7) is 5.27. The van der Waals surface area contributed by atoms with Crippen LogP contribution in [0.1, 0.15) is 38.5 Å². The molecule has 2 aliphatic heterocycles. The van der Waals surface area contributed by atoms with Crippen LogP contribution in [0.4, 0.5) is 0 Å². The number of hydrogen-bond acceptors (Lipinski definition) is 4. The topological polar surface area (TPSA) is 54.1 Å². The summed E-state index contributed by atoms with van der Waals surface area (Å²) in [7, 11) is 1.84. The minimum absolute atomic E-state index is 0.258. The summed E-state index contributed by atoms with van der Waals surface area (Å²) in [6.07, 6.45) is 7.97. The molecule has 0 bridgehead atoms. The second-order valence-corrected chi connectivity index (χ2v) is 8.35. The van der Waals surface area contributed by atoms with Gasteiger partial charge in [-0.25, -0.2) is 0 Å². The fraction of sp³-hybridized carbons (Fsp3) is 0.941. The lowest BCUT2D eigenvalue weighted by Gasteiger charge is -2.44. The molecule has 0 radical (unpaired) electrons. The van der Waals surface area contributed by atoms with E-state index in [2.05, 4.69) is 9.80 Å². The van der Waals surface area contributed by atoms with Crippen molar-refractivity contribution in [3.63, 3.8) is 0 Å². The summed E-state index contributed by atoms with van der Waals surface area (Å²) in [6, 6.07) is 0. The minimum atomic E-state index is 0.258. The smallest absolute Gasteiger partial charge is 0.191 e. The Morgan fingerprint density at radius 3 is 2.43 bits per heavy atom. The molecule has 0 aromatic heterocycles. The van der Waals surface area contributed by atoms with Crippen LogP contribution in [0, 0.1) is 0 Å². The van der Waals surface area contributed by atoms with Gasteiger partial charge in [-0.2, -0.15) is 11.8 Å². The van der Waals surface area contributed by atoms with Crippen LogP contribution in [0.15, 0.2) is 4.99 Å². The van der Waals surface area contributed by atoms with Crippen molar-refractivity contribution in [2.24, 2.45) is 10.7 Å². The van der Waals surface area contributed by atoms with E-state index in [9.17, 15) is 0 Å². The highest BCUT2D eigenvalue weighted by molar-refractivity contribution is 7.99. The average molecular weight is 341 g/mol. The van der Waals surface area contributed by atoms with Gasteiger partial charge in [0, 0.05) is 50.3 Å². The van der Waals surface area contributed by atoms with Crippen molar-refractivity contribution in [2.75, 3.05) is 51.3 Å². The van der Waals surface area contributed by atoms with Gasteiger partial charge in [-0.05, 0) is 25.7 Å². The van der Waals surface area contributed by atoms with E-state index in [-0.39, 0.29) is 5.54 Å². The molecule has 1 aliphatic carbocycles. The molecule has 3 aliphatic rings. The van der Waals surface area contributed by atoms with Crippen molar-refractivity contribution < 1.29 is 4.74 Å². The highest BCUT2D eigenvalue weighted by Gasteiger charge is 2.41. The summed E-state index contributed by atoms with van der Waals surface area (Å²) in [5, 5.41) is 0.